The van der Waals surface area contributed by atoms with E-state index in [1.807, 2.05) is 54.6 Å². The summed E-state index contributed by atoms with van der Waals surface area (Å²) >= 11 is 3.37. The van der Waals surface area contributed by atoms with Crippen LogP contribution in [0.5, 0.6) is 5.75 Å². The highest BCUT2D eigenvalue weighted by molar-refractivity contribution is 9.10. The summed E-state index contributed by atoms with van der Waals surface area (Å²) in [5.74, 6) is 0.528. The molecule has 4 nitrogen and oxygen atoms in total. The molecular formula is C17H15BrN2O2. The van der Waals surface area contributed by atoms with Crippen LogP contribution < -0.4 is 4.74 Å². The quantitative estimate of drug-likeness (QED) is 0.839. The molecule has 2 aromatic carbocycles. The third kappa shape index (κ3) is 3.54. The van der Waals surface area contributed by atoms with E-state index in [4.69, 9.17) is 4.74 Å². The van der Waals surface area contributed by atoms with Gasteiger partial charge in [-0.1, -0.05) is 52.3 Å². The fraction of sp³-hybridized carbons (Fsp3) is 0.176. The Labute approximate surface area is 137 Å². The number of hydrogen-bond acceptors (Lipinski definition) is 3. The van der Waals surface area contributed by atoms with Crippen LogP contribution in [0.15, 0.2) is 64.2 Å². The molecule has 1 heterocycles. The summed E-state index contributed by atoms with van der Waals surface area (Å²) in [4.78, 5) is 12.2. The van der Waals surface area contributed by atoms with Crippen molar-refractivity contribution < 1.29 is 9.53 Å². The van der Waals surface area contributed by atoms with Gasteiger partial charge in [0.25, 0.3) is 5.91 Å². The number of nitrogens with zero attached hydrogens (tertiary/aromatic N) is 2. The number of halogens is 1. The molecule has 1 aliphatic rings. The number of hydrogen-bond donors (Lipinski definition) is 0. The molecule has 22 heavy (non-hydrogen) atoms. The van der Waals surface area contributed by atoms with Crippen molar-refractivity contribution in [3.05, 3.63) is 64.6 Å². The van der Waals surface area contributed by atoms with Crippen LogP contribution in [0.4, 0.5) is 0 Å². The summed E-state index contributed by atoms with van der Waals surface area (Å²) in [6.45, 7) is 0.590. The number of amides is 1. The van der Waals surface area contributed by atoms with Gasteiger partial charge in [0, 0.05) is 10.9 Å². The molecule has 0 unspecified atom stereocenters. The second kappa shape index (κ2) is 6.75. The topological polar surface area (TPSA) is 41.9 Å². The molecule has 5 heteroatoms. The van der Waals surface area contributed by atoms with Crippen molar-refractivity contribution in [3.8, 4) is 5.75 Å². The zero-order valence-corrected chi connectivity index (χ0v) is 13.5. The molecule has 112 valence electrons. The Morgan fingerprint density at radius 3 is 2.77 bits per heavy atom. The molecule has 3 rings (SSSR count). The van der Waals surface area contributed by atoms with E-state index in [0.717, 1.165) is 22.2 Å². The molecule has 0 N–H and O–H groups in total. The van der Waals surface area contributed by atoms with E-state index in [-0.39, 0.29) is 12.5 Å². The van der Waals surface area contributed by atoms with Crippen molar-refractivity contribution in [1.29, 1.82) is 0 Å². The van der Waals surface area contributed by atoms with Crippen LogP contribution in [-0.2, 0) is 4.79 Å². The number of ether oxygens (including phenoxy) is 1. The lowest BCUT2D eigenvalue weighted by Crippen LogP contribution is -2.28. The zero-order valence-electron chi connectivity index (χ0n) is 11.9. The highest BCUT2D eigenvalue weighted by Crippen LogP contribution is 2.18. The Morgan fingerprint density at radius 1 is 1.18 bits per heavy atom. The molecular weight excluding hydrogens is 344 g/mol. The molecule has 0 aromatic heterocycles. The molecule has 0 bridgehead atoms. The molecule has 1 aliphatic heterocycles. The first kappa shape index (κ1) is 14.8. The second-order valence-corrected chi connectivity index (χ2v) is 5.84. The van der Waals surface area contributed by atoms with Gasteiger partial charge < -0.3 is 4.74 Å². The van der Waals surface area contributed by atoms with Crippen LogP contribution in [0.25, 0.3) is 0 Å². The van der Waals surface area contributed by atoms with Gasteiger partial charge in [0.2, 0.25) is 0 Å². The fourth-order valence-electron chi connectivity index (χ4n) is 2.25. The van der Waals surface area contributed by atoms with Crippen molar-refractivity contribution in [2.45, 2.75) is 6.42 Å². The Kier molecular flexibility index (Phi) is 4.53. The average molecular weight is 359 g/mol. The van der Waals surface area contributed by atoms with Crippen LogP contribution >= 0.6 is 15.9 Å². The molecule has 1 amide bonds. The Bertz CT molecular complexity index is 701. The van der Waals surface area contributed by atoms with Crippen molar-refractivity contribution in [2.24, 2.45) is 5.10 Å². The maximum atomic E-state index is 12.2. The van der Waals surface area contributed by atoms with Gasteiger partial charge in [-0.3, -0.25) is 4.79 Å². The summed E-state index contributed by atoms with van der Waals surface area (Å²) in [6.07, 6.45) is 0.770. The molecule has 0 radical (unpaired) electrons. The molecule has 0 fully saturated rings. The monoisotopic (exact) mass is 358 g/mol. The van der Waals surface area contributed by atoms with E-state index in [1.54, 1.807) is 0 Å². The standard InChI is InChI=1S/C17H15BrN2O2/c18-14-7-4-8-15(11-14)22-12-17(21)20-10-9-16(19-20)13-5-2-1-3-6-13/h1-8,11H,9-10,12H2. The number of hydrazone groups is 1. The van der Waals surface area contributed by atoms with E-state index in [2.05, 4.69) is 21.0 Å². The Hall–Kier alpha value is -2.14. The number of rotatable bonds is 4. The lowest BCUT2D eigenvalue weighted by atomic mass is 10.1. The summed E-state index contributed by atoms with van der Waals surface area (Å²) in [6, 6.07) is 17.3. The third-order valence-electron chi connectivity index (χ3n) is 3.36. The highest BCUT2D eigenvalue weighted by Gasteiger charge is 2.21. The van der Waals surface area contributed by atoms with E-state index < -0.39 is 0 Å². The maximum absolute atomic E-state index is 12.2. The van der Waals surface area contributed by atoms with Crippen LogP contribution in [-0.4, -0.2) is 29.8 Å². The van der Waals surface area contributed by atoms with Crippen molar-refractivity contribution in [3.63, 3.8) is 0 Å². The van der Waals surface area contributed by atoms with E-state index in [0.29, 0.717) is 12.3 Å². The van der Waals surface area contributed by atoms with Crippen LogP contribution in [0.3, 0.4) is 0 Å². The summed E-state index contributed by atoms with van der Waals surface area (Å²) < 4.78 is 6.43. The van der Waals surface area contributed by atoms with E-state index in [1.165, 1.54) is 5.01 Å². The van der Waals surface area contributed by atoms with Gasteiger partial charge in [0.1, 0.15) is 5.75 Å². The lowest BCUT2D eigenvalue weighted by molar-refractivity contribution is -0.132. The Morgan fingerprint density at radius 2 is 2.00 bits per heavy atom. The smallest absolute Gasteiger partial charge is 0.280 e. The van der Waals surface area contributed by atoms with E-state index in [9.17, 15) is 4.79 Å². The highest BCUT2D eigenvalue weighted by atomic mass is 79.9. The summed E-state index contributed by atoms with van der Waals surface area (Å²) in [7, 11) is 0. The first-order valence-electron chi connectivity index (χ1n) is 7.04. The normalized spacial score (nSPS) is 13.9. The van der Waals surface area contributed by atoms with Gasteiger partial charge in [-0.25, -0.2) is 5.01 Å². The fourth-order valence-corrected chi connectivity index (χ4v) is 2.63. The van der Waals surface area contributed by atoms with Gasteiger partial charge in [0.15, 0.2) is 6.61 Å². The molecule has 0 aliphatic carbocycles. The van der Waals surface area contributed by atoms with Gasteiger partial charge in [-0.15, -0.1) is 0 Å². The van der Waals surface area contributed by atoms with Crippen LogP contribution in [0, 0.1) is 0 Å². The Balaban J connectivity index is 1.61. The number of benzene rings is 2. The minimum atomic E-state index is -0.133. The molecule has 0 saturated carbocycles. The second-order valence-electron chi connectivity index (χ2n) is 4.93. The largest absolute Gasteiger partial charge is 0.484 e. The number of carbonyl (C=O) groups is 1. The first-order valence-corrected chi connectivity index (χ1v) is 7.83. The lowest BCUT2D eigenvalue weighted by Gasteiger charge is -2.12. The average Bonchev–Trinajstić information content (AvgIpc) is 3.04. The zero-order chi connectivity index (χ0) is 15.4. The maximum Gasteiger partial charge on any atom is 0.280 e. The molecule has 0 spiro atoms. The SMILES string of the molecule is O=C(COc1cccc(Br)c1)N1CCC(c2ccccc2)=N1. The number of carbonyl (C=O) groups excluding carboxylic acids is 1. The van der Waals surface area contributed by atoms with Gasteiger partial charge in [-0.2, -0.15) is 5.10 Å². The van der Waals surface area contributed by atoms with Crippen molar-refractivity contribution >= 4 is 27.5 Å². The molecule has 0 atom stereocenters. The van der Waals surface area contributed by atoms with Crippen LogP contribution in [0.2, 0.25) is 0 Å². The molecule has 0 saturated heterocycles. The van der Waals surface area contributed by atoms with Gasteiger partial charge in [-0.05, 0) is 23.8 Å². The minimum absolute atomic E-state index is 0.0119. The predicted octanol–water partition coefficient (Wildman–Crippen LogP) is 3.46. The van der Waals surface area contributed by atoms with Gasteiger partial charge >= 0.3 is 0 Å². The van der Waals surface area contributed by atoms with Gasteiger partial charge in [0.05, 0.1) is 12.3 Å². The van der Waals surface area contributed by atoms with E-state index >= 15 is 0 Å². The summed E-state index contributed by atoms with van der Waals surface area (Å²) in [5.41, 5.74) is 2.00. The molecule has 2 aromatic rings. The van der Waals surface area contributed by atoms with Crippen molar-refractivity contribution in [2.75, 3.05) is 13.2 Å². The summed E-state index contributed by atoms with van der Waals surface area (Å²) in [5, 5.41) is 5.89. The minimum Gasteiger partial charge on any atom is -0.484 e. The first-order chi connectivity index (χ1) is 10.7. The third-order valence-corrected chi connectivity index (χ3v) is 3.85. The predicted molar refractivity (Wildman–Crippen MR) is 88.9 cm³/mol. The van der Waals surface area contributed by atoms with Crippen molar-refractivity contribution in [1.82, 2.24) is 5.01 Å². The van der Waals surface area contributed by atoms with Crippen LogP contribution in [0.1, 0.15) is 12.0 Å².